The number of nitrogens with zero attached hydrogens (tertiary/aromatic N) is 2. The Hall–Kier alpha value is -1.10. The molecule has 0 aromatic carbocycles. The van der Waals surface area contributed by atoms with Gasteiger partial charge in [-0.05, 0) is 18.3 Å². The number of hydrogen-bond donors (Lipinski definition) is 0. The van der Waals surface area contributed by atoms with E-state index in [0.717, 1.165) is 24.1 Å². The third-order valence-corrected chi connectivity index (χ3v) is 4.39. The molecule has 1 aromatic heterocycles. The molecule has 0 amide bonds. The summed E-state index contributed by atoms with van der Waals surface area (Å²) >= 11 is 1.52. The summed E-state index contributed by atoms with van der Waals surface area (Å²) in [7, 11) is 1.38. The number of esters is 1. The van der Waals surface area contributed by atoms with Crippen LogP contribution < -0.4 is 4.90 Å². The molecule has 0 saturated carbocycles. The summed E-state index contributed by atoms with van der Waals surface area (Å²) < 4.78 is 4.66. The molecule has 1 aliphatic heterocycles. The fourth-order valence-corrected chi connectivity index (χ4v) is 2.88. The second kappa shape index (κ2) is 5.04. The van der Waals surface area contributed by atoms with Crippen molar-refractivity contribution in [1.29, 1.82) is 0 Å². The number of thiazole rings is 1. The van der Waals surface area contributed by atoms with E-state index in [0.29, 0.717) is 11.6 Å². The quantitative estimate of drug-likeness (QED) is 0.760. The number of aromatic nitrogens is 1. The number of anilines is 1. The van der Waals surface area contributed by atoms with E-state index in [1.807, 2.05) is 0 Å². The highest BCUT2D eigenvalue weighted by atomic mass is 32.1. The molecule has 0 bridgehead atoms. The van der Waals surface area contributed by atoms with Crippen molar-refractivity contribution in [3.8, 4) is 0 Å². The summed E-state index contributed by atoms with van der Waals surface area (Å²) in [5.74, 6) is 1.09. The highest BCUT2D eigenvalue weighted by molar-refractivity contribution is 7.13. The fraction of sp³-hybridized carbons (Fsp3) is 0.667. The monoisotopic (exact) mass is 254 g/mol. The Morgan fingerprint density at radius 2 is 2.29 bits per heavy atom. The number of ether oxygens (including phenoxy) is 1. The SMILES string of the molecule is COC(=O)c1csc(N2CCC(C)C(C)C2)n1. The molecule has 94 valence electrons. The first-order valence-electron chi connectivity index (χ1n) is 5.90. The van der Waals surface area contributed by atoms with Gasteiger partial charge >= 0.3 is 5.97 Å². The first-order valence-corrected chi connectivity index (χ1v) is 6.78. The van der Waals surface area contributed by atoms with Gasteiger partial charge in [-0.2, -0.15) is 0 Å². The largest absolute Gasteiger partial charge is 0.464 e. The summed E-state index contributed by atoms with van der Waals surface area (Å²) in [5, 5.41) is 2.70. The predicted molar refractivity (Wildman–Crippen MR) is 68.6 cm³/mol. The maximum atomic E-state index is 11.3. The first kappa shape index (κ1) is 12.4. The molecule has 2 atom stereocenters. The Kier molecular flexibility index (Phi) is 3.66. The molecule has 1 aliphatic rings. The van der Waals surface area contributed by atoms with Gasteiger partial charge < -0.3 is 9.64 Å². The van der Waals surface area contributed by atoms with Gasteiger partial charge in [-0.1, -0.05) is 13.8 Å². The van der Waals surface area contributed by atoms with Crippen molar-refractivity contribution < 1.29 is 9.53 Å². The van der Waals surface area contributed by atoms with E-state index in [4.69, 9.17) is 0 Å². The average molecular weight is 254 g/mol. The van der Waals surface area contributed by atoms with Gasteiger partial charge in [0.1, 0.15) is 0 Å². The van der Waals surface area contributed by atoms with Crippen LogP contribution in [-0.4, -0.2) is 31.2 Å². The lowest BCUT2D eigenvalue weighted by molar-refractivity contribution is 0.0595. The van der Waals surface area contributed by atoms with Crippen molar-refractivity contribution in [2.24, 2.45) is 11.8 Å². The smallest absolute Gasteiger partial charge is 0.357 e. The van der Waals surface area contributed by atoms with Crippen molar-refractivity contribution in [2.45, 2.75) is 20.3 Å². The standard InChI is InChI=1S/C12H18N2O2S/c1-8-4-5-14(6-9(8)2)12-13-10(7-17-12)11(15)16-3/h7-9H,4-6H2,1-3H3. The first-order chi connectivity index (χ1) is 8.11. The molecule has 17 heavy (non-hydrogen) atoms. The van der Waals surface area contributed by atoms with Crippen LogP contribution in [-0.2, 0) is 4.74 Å². The van der Waals surface area contributed by atoms with Crippen LogP contribution in [0.2, 0.25) is 0 Å². The Morgan fingerprint density at radius 1 is 1.53 bits per heavy atom. The molecule has 5 heteroatoms. The van der Waals surface area contributed by atoms with Gasteiger partial charge in [0, 0.05) is 18.5 Å². The highest BCUT2D eigenvalue weighted by Crippen LogP contribution is 2.29. The number of rotatable bonds is 2. The molecule has 0 N–H and O–H groups in total. The van der Waals surface area contributed by atoms with Crippen LogP contribution in [0.15, 0.2) is 5.38 Å². The highest BCUT2D eigenvalue weighted by Gasteiger charge is 2.25. The summed E-state index contributed by atoms with van der Waals surface area (Å²) in [6.07, 6.45) is 1.19. The van der Waals surface area contributed by atoms with Crippen molar-refractivity contribution in [2.75, 3.05) is 25.1 Å². The zero-order valence-electron chi connectivity index (χ0n) is 10.5. The predicted octanol–water partition coefficient (Wildman–Crippen LogP) is 2.41. The second-order valence-corrected chi connectivity index (χ2v) is 5.53. The van der Waals surface area contributed by atoms with E-state index in [2.05, 4.69) is 28.5 Å². The van der Waals surface area contributed by atoms with Crippen LogP contribution in [0.4, 0.5) is 5.13 Å². The summed E-state index contributed by atoms with van der Waals surface area (Å²) in [5.41, 5.74) is 0.416. The van der Waals surface area contributed by atoms with Gasteiger partial charge in [-0.15, -0.1) is 11.3 Å². The van der Waals surface area contributed by atoms with E-state index in [-0.39, 0.29) is 5.97 Å². The molecule has 0 radical (unpaired) electrons. The Balaban J connectivity index is 2.08. The van der Waals surface area contributed by atoms with Crippen molar-refractivity contribution in [3.05, 3.63) is 11.1 Å². The summed E-state index contributed by atoms with van der Waals surface area (Å²) in [4.78, 5) is 17.9. The van der Waals surface area contributed by atoms with E-state index >= 15 is 0 Å². The minimum atomic E-state index is -0.356. The molecule has 1 saturated heterocycles. The van der Waals surface area contributed by atoms with Gasteiger partial charge in [0.15, 0.2) is 10.8 Å². The van der Waals surface area contributed by atoms with E-state index in [1.165, 1.54) is 24.9 Å². The normalized spacial score (nSPS) is 24.8. The molecule has 1 aromatic rings. The number of carbonyl (C=O) groups excluding carboxylic acids is 1. The fourth-order valence-electron chi connectivity index (χ4n) is 2.04. The van der Waals surface area contributed by atoms with Gasteiger partial charge in [0.05, 0.1) is 7.11 Å². The van der Waals surface area contributed by atoms with Crippen molar-refractivity contribution in [3.63, 3.8) is 0 Å². The Morgan fingerprint density at radius 3 is 2.94 bits per heavy atom. The van der Waals surface area contributed by atoms with E-state index in [9.17, 15) is 4.79 Å². The summed E-state index contributed by atoms with van der Waals surface area (Å²) in [6.45, 7) is 6.62. The van der Waals surface area contributed by atoms with Crippen LogP contribution in [0.5, 0.6) is 0 Å². The lowest BCUT2D eigenvalue weighted by atomic mass is 9.89. The van der Waals surface area contributed by atoms with Crippen LogP contribution in [0.3, 0.4) is 0 Å². The third-order valence-electron chi connectivity index (χ3n) is 3.49. The van der Waals surface area contributed by atoms with E-state index in [1.54, 1.807) is 5.38 Å². The zero-order chi connectivity index (χ0) is 12.4. The van der Waals surface area contributed by atoms with Crippen molar-refractivity contribution in [1.82, 2.24) is 4.98 Å². The van der Waals surface area contributed by atoms with Crippen LogP contribution in [0.1, 0.15) is 30.8 Å². The Labute approximate surface area is 106 Å². The third kappa shape index (κ3) is 2.60. The number of carbonyl (C=O) groups is 1. The minimum Gasteiger partial charge on any atom is -0.464 e. The topological polar surface area (TPSA) is 42.4 Å². The number of piperidine rings is 1. The second-order valence-electron chi connectivity index (χ2n) is 4.70. The maximum Gasteiger partial charge on any atom is 0.357 e. The van der Waals surface area contributed by atoms with Gasteiger partial charge in [-0.3, -0.25) is 0 Å². The van der Waals surface area contributed by atoms with Gasteiger partial charge in [0.2, 0.25) is 0 Å². The van der Waals surface area contributed by atoms with Crippen molar-refractivity contribution >= 4 is 22.4 Å². The Bertz CT molecular complexity index is 405. The molecule has 0 aliphatic carbocycles. The molecule has 1 fully saturated rings. The minimum absolute atomic E-state index is 0.356. The molecular formula is C12H18N2O2S. The lowest BCUT2D eigenvalue weighted by Gasteiger charge is -2.35. The molecular weight excluding hydrogens is 236 g/mol. The van der Waals surface area contributed by atoms with Crippen LogP contribution in [0.25, 0.3) is 0 Å². The van der Waals surface area contributed by atoms with Gasteiger partial charge in [0.25, 0.3) is 0 Å². The zero-order valence-corrected chi connectivity index (χ0v) is 11.3. The molecule has 4 nitrogen and oxygen atoms in total. The molecule has 2 heterocycles. The van der Waals surface area contributed by atoms with Crippen LogP contribution in [0, 0.1) is 11.8 Å². The molecule has 0 spiro atoms. The molecule has 2 unspecified atom stereocenters. The number of methoxy groups -OCH3 is 1. The summed E-state index contributed by atoms with van der Waals surface area (Å²) in [6, 6.07) is 0. The average Bonchev–Trinajstić information content (AvgIpc) is 2.81. The maximum absolute atomic E-state index is 11.3. The number of hydrogen-bond acceptors (Lipinski definition) is 5. The van der Waals surface area contributed by atoms with Crippen LogP contribution >= 0.6 is 11.3 Å². The molecule has 2 rings (SSSR count). The lowest BCUT2D eigenvalue weighted by Crippen LogP contribution is -2.38. The van der Waals surface area contributed by atoms with Gasteiger partial charge in [-0.25, -0.2) is 9.78 Å². The van der Waals surface area contributed by atoms with E-state index < -0.39 is 0 Å².